The van der Waals surface area contributed by atoms with Gasteiger partial charge >= 0.3 is 5.97 Å². The van der Waals surface area contributed by atoms with Gasteiger partial charge in [-0.15, -0.1) is 0 Å². The number of carbonyl (C=O) groups is 4. The van der Waals surface area contributed by atoms with Crippen LogP contribution in [0.15, 0.2) is 29.8 Å². The number of nitrogens with zero attached hydrogens (tertiary/aromatic N) is 1. The van der Waals surface area contributed by atoms with Crippen LogP contribution in [0.3, 0.4) is 0 Å². The van der Waals surface area contributed by atoms with E-state index in [-0.39, 0.29) is 30.0 Å². The molecule has 3 aliphatic rings. The fraction of sp³-hybridized carbons (Fsp3) is 0.538. The van der Waals surface area contributed by atoms with Gasteiger partial charge in [-0.3, -0.25) is 19.2 Å². The number of carbonyl (C=O) groups excluding carboxylic acids is 4. The Kier molecular flexibility index (Phi) is 7.63. The summed E-state index contributed by atoms with van der Waals surface area (Å²) in [4.78, 5) is 53.3. The van der Waals surface area contributed by atoms with Crippen LogP contribution in [-0.2, 0) is 23.9 Å². The summed E-state index contributed by atoms with van der Waals surface area (Å²) < 4.78 is 10.6. The lowest BCUT2D eigenvalue weighted by molar-refractivity contribution is -0.164. The van der Waals surface area contributed by atoms with Crippen molar-refractivity contribution in [3.63, 3.8) is 0 Å². The molecule has 3 amide bonds. The molecule has 0 saturated carbocycles. The van der Waals surface area contributed by atoms with Crippen molar-refractivity contribution in [1.82, 2.24) is 15.5 Å². The van der Waals surface area contributed by atoms with Gasteiger partial charge in [-0.2, -0.15) is 0 Å². The summed E-state index contributed by atoms with van der Waals surface area (Å²) in [6.07, 6.45) is 3.22. The minimum absolute atomic E-state index is 0.00702. The summed E-state index contributed by atoms with van der Waals surface area (Å²) in [5.41, 5.74) is 1.98. The van der Waals surface area contributed by atoms with Crippen LogP contribution in [0.5, 0.6) is 5.75 Å². The quantitative estimate of drug-likeness (QED) is 0.401. The molecule has 10 heteroatoms. The van der Waals surface area contributed by atoms with Crippen LogP contribution >= 0.6 is 0 Å². The Labute approximate surface area is 210 Å². The number of esters is 1. The molecule has 0 aromatic heterocycles. The smallest absolute Gasteiger partial charge is 0.310 e. The van der Waals surface area contributed by atoms with Gasteiger partial charge in [-0.25, -0.2) is 0 Å². The largest absolute Gasteiger partial charge is 0.508 e. The van der Waals surface area contributed by atoms with Crippen LogP contribution in [-0.4, -0.2) is 70.8 Å². The first-order chi connectivity index (χ1) is 17.2. The number of rotatable bonds is 6. The number of hydrogen-bond donors (Lipinski definition) is 3. The monoisotopic (exact) mass is 499 g/mol. The second-order valence-corrected chi connectivity index (χ2v) is 9.64. The van der Waals surface area contributed by atoms with Crippen molar-refractivity contribution in [2.24, 2.45) is 0 Å². The van der Waals surface area contributed by atoms with E-state index in [9.17, 15) is 24.3 Å². The molecule has 3 N–H and O–H groups in total. The Morgan fingerprint density at radius 3 is 2.67 bits per heavy atom. The maximum Gasteiger partial charge on any atom is 0.310 e. The Hall–Kier alpha value is -3.40. The molecule has 10 nitrogen and oxygen atoms in total. The van der Waals surface area contributed by atoms with Crippen LogP contribution < -0.4 is 10.6 Å². The lowest BCUT2D eigenvalue weighted by atomic mass is 9.98. The van der Waals surface area contributed by atoms with E-state index >= 15 is 0 Å². The van der Waals surface area contributed by atoms with Gasteiger partial charge < -0.3 is 30.1 Å². The summed E-state index contributed by atoms with van der Waals surface area (Å²) >= 11 is 0. The summed E-state index contributed by atoms with van der Waals surface area (Å²) in [7, 11) is 0. The molecule has 2 fully saturated rings. The Morgan fingerprint density at radius 1 is 1.17 bits per heavy atom. The molecule has 3 heterocycles. The van der Waals surface area contributed by atoms with E-state index in [1.165, 1.54) is 12.1 Å². The molecule has 0 aliphatic carbocycles. The zero-order chi connectivity index (χ0) is 26.0. The minimum Gasteiger partial charge on any atom is -0.508 e. The first-order valence-corrected chi connectivity index (χ1v) is 12.4. The van der Waals surface area contributed by atoms with Gasteiger partial charge in [0.1, 0.15) is 23.9 Å². The fourth-order valence-electron chi connectivity index (χ4n) is 5.14. The van der Waals surface area contributed by atoms with Gasteiger partial charge in [0.25, 0.3) is 5.91 Å². The van der Waals surface area contributed by atoms with E-state index in [1.807, 2.05) is 13.0 Å². The molecule has 3 aliphatic heterocycles. The van der Waals surface area contributed by atoms with E-state index in [4.69, 9.17) is 9.47 Å². The van der Waals surface area contributed by atoms with Crippen molar-refractivity contribution < 1.29 is 33.8 Å². The van der Waals surface area contributed by atoms with Crippen molar-refractivity contribution >= 4 is 23.7 Å². The number of nitrogens with one attached hydrogen (secondary N) is 2. The number of aryl methyl sites for hydroxylation is 1. The number of fused-ring (bicyclic) bond motifs is 1. The van der Waals surface area contributed by atoms with Crippen LogP contribution in [0.2, 0.25) is 0 Å². The Morgan fingerprint density at radius 2 is 1.94 bits per heavy atom. The van der Waals surface area contributed by atoms with Gasteiger partial charge in [-0.1, -0.05) is 11.6 Å². The third-order valence-electron chi connectivity index (χ3n) is 7.00. The average molecular weight is 500 g/mol. The molecule has 0 spiro atoms. The predicted octanol–water partition coefficient (Wildman–Crippen LogP) is 1.69. The van der Waals surface area contributed by atoms with Gasteiger partial charge in [0.15, 0.2) is 0 Å². The number of cyclic esters (lactones) is 1. The summed E-state index contributed by atoms with van der Waals surface area (Å²) in [5, 5.41) is 15.4. The SMILES string of the molecule is CCOC1OC(=O)CC1NC(=O)[C@@H]1CC[C@H]2CC(C)=CC[C@H](NC(=O)c3ccc(O)c(C)c3)C(=O)N21. The van der Waals surface area contributed by atoms with Crippen molar-refractivity contribution in [2.45, 2.75) is 83.3 Å². The number of benzene rings is 1. The van der Waals surface area contributed by atoms with Crippen molar-refractivity contribution in [3.05, 3.63) is 41.0 Å². The topological polar surface area (TPSA) is 134 Å². The summed E-state index contributed by atoms with van der Waals surface area (Å²) in [6, 6.07) is 2.16. The molecule has 0 radical (unpaired) electrons. The van der Waals surface area contributed by atoms with Gasteiger partial charge in [0.2, 0.25) is 18.1 Å². The molecule has 36 heavy (non-hydrogen) atoms. The molecule has 5 atom stereocenters. The molecule has 0 bridgehead atoms. The number of hydrogen-bond acceptors (Lipinski definition) is 7. The highest BCUT2D eigenvalue weighted by molar-refractivity contribution is 5.99. The number of amides is 3. The minimum atomic E-state index is -0.849. The number of phenols is 1. The third-order valence-corrected chi connectivity index (χ3v) is 7.00. The van der Waals surface area contributed by atoms with Crippen LogP contribution in [0, 0.1) is 6.92 Å². The highest BCUT2D eigenvalue weighted by Gasteiger charge is 2.46. The molecule has 2 unspecified atom stereocenters. The molecular formula is C26H33N3O7. The Balaban J connectivity index is 1.52. The van der Waals surface area contributed by atoms with Crippen LogP contribution in [0.4, 0.5) is 0 Å². The maximum absolute atomic E-state index is 13.7. The fourth-order valence-corrected chi connectivity index (χ4v) is 5.14. The van der Waals surface area contributed by atoms with E-state index in [2.05, 4.69) is 10.6 Å². The van der Waals surface area contributed by atoms with Crippen molar-refractivity contribution in [2.75, 3.05) is 6.61 Å². The molecular weight excluding hydrogens is 466 g/mol. The number of phenolic OH excluding ortho intramolecular Hbond substituents is 1. The maximum atomic E-state index is 13.7. The van der Waals surface area contributed by atoms with E-state index in [1.54, 1.807) is 24.8 Å². The van der Waals surface area contributed by atoms with Crippen molar-refractivity contribution in [1.29, 1.82) is 0 Å². The Bertz CT molecular complexity index is 1090. The second kappa shape index (κ2) is 10.7. The lowest BCUT2D eigenvalue weighted by Crippen LogP contribution is -2.57. The van der Waals surface area contributed by atoms with Gasteiger partial charge in [0.05, 0.1) is 6.42 Å². The summed E-state index contributed by atoms with van der Waals surface area (Å²) in [6.45, 7) is 5.78. The molecule has 4 rings (SSSR count). The highest BCUT2D eigenvalue weighted by Crippen LogP contribution is 2.32. The number of aromatic hydroxyl groups is 1. The molecule has 1 aromatic rings. The van der Waals surface area contributed by atoms with Gasteiger partial charge in [-0.05, 0) is 70.2 Å². The predicted molar refractivity (Wildman–Crippen MR) is 129 cm³/mol. The average Bonchev–Trinajstić information content (AvgIpc) is 3.39. The molecule has 2 saturated heterocycles. The zero-order valence-corrected chi connectivity index (χ0v) is 20.8. The third kappa shape index (κ3) is 5.38. The van der Waals surface area contributed by atoms with E-state index in [0.717, 1.165) is 5.57 Å². The van der Waals surface area contributed by atoms with Crippen LogP contribution in [0.1, 0.15) is 61.9 Å². The van der Waals surface area contributed by atoms with Crippen molar-refractivity contribution in [3.8, 4) is 5.75 Å². The van der Waals surface area contributed by atoms with E-state index < -0.39 is 36.3 Å². The summed E-state index contributed by atoms with van der Waals surface area (Å²) in [5.74, 6) is -1.47. The second-order valence-electron chi connectivity index (χ2n) is 9.64. The normalized spacial score (nSPS) is 28.0. The number of ether oxygens (including phenoxy) is 2. The molecule has 194 valence electrons. The highest BCUT2D eigenvalue weighted by atomic mass is 16.7. The van der Waals surface area contributed by atoms with E-state index in [0.29, 0.717) is 43.4 Å². The zero-order valence-electron chi connectivity index (χ0n) is 20.8. The first-order valence-electron chi connectivity index (χ1n) is 12.4. The molecule has 1 aromatic carbocycles. The van der Waals surface area contributed by atoms with Crippen LogP contribution in [0.25, 0.3) is 0 Å². The first kappa shape index (κ1) is 25.7. The van der Waals surface area contributed by atoms with Gasteiger partial charge in [0, 0.05) is 18.2 Å². The standard InChI is InChI=1S/C26H33N3O7/c1-4-35-26-19(13-22(31)36-26)28-24(33)20-9-7-17-11-14(2)5-8-18(25(34)29(17)20)27-23(32)16-6-10-21(30)15(3)12-16/h5-6,10,12,17-20,26,30H,4,7-9,11,13H2,1-3H3,(H,27,32)(H,28,33)/t17-,18-,19?,20-,26?/m0/s1. The lowest BCUT2D eigenvalue weighted by Gasteiger charge is -2.35.